The minimum Gasteiger partial charge on any atom is -0.268 e. The highest BCUT2D eigenvalue weighted by atomic mass is 35.5. The van der Waals surface area contributed by atoms with Crippen LogP contribution in [0, 0.1) is 13.8 Å². The third-order valence-corrected chi connectivity index (χ3v) is 7.06. The first kappa shape index (κ1) is 18.1. The van der Waals surface area contributed by atoms with Gasteiger partial charge in [0.15, 0.2) is 0 Å². The van der Waals surface area contributed by atoms with E-state index in [2.05, 4.69) is 9.82 Å². The topological polar surface area (TPSA) is 64.0 Å². The Morgan fingerprint density at radius 1 is 1.16 bits per heavy atom. The maximum Gasteiger partial charge on any atom is 0.250 e. The van der Waals surface area contributed by atoms with Crippen LogP contribution in [0.2, 0.25) is 4.34 Å². The van der Waals surface area contributed by atoms with Gasteiger partial charge in [-0.1, -0.05) is 41.9 Å². The zero-order valence-electron chi connectivity index (χ0n) is 13.9. The number of hydrogen-bond donors (Lipinski definition) is 1. The molecule has 0 unspecified atom stereocenters. The number of rotatable bonds is 6. The van der Waals surface area contributed by atoms with E-state index in [1.54, 1.807) is 6.07 Å². The molecule has 0 saturated heterocycles. The first-order valence-corrected chi connectivity index (χ1v) is 10.4. The van der Waals surface area contributed by atoms with E-state index >= 15 is 0 Å². The highest BCUT2D eigenvalue weighted by molar-refractivity contribution is 7.91. The lowest BCUT2D eigenvalue weighted by atomic mass is 10.0. The second kappa shape index (κ2) is 7.29. The summed E-state index contributed by atoms with van der Waals surface area (Å²) in [7, 11) is -3.53. The molecule has 1 aromatic carbocycles. The molecule has 0 aliphatic rings. The minimum absolute atomic E-state index is 0.218. The van der Waals surface area contributed by atoms with E-state index in [1.807, 2.05) is 48.9 Å². The van der Waals surface area contributed by atoms with Crippen LogP contribution in [0.15, 0.2) is 46.7 Å². The zero-order chi connectivity index (χ0) is 18.0. The summed E-state index contributed by atoms with van der Waals surface area (Å²) in [6.07, 6.45) is 0. The summed E-state index contributed by atoms with van der Waals surface area (Å²) in [4.78, 5) is 0. The summed E-state index contributed by atoms with van der Waals surface area (Å²) in [6.45, 7) is 4.67. The van der Waals surface area contributed by atoms with Gasteiger partial charge in [0.05, 0.1) is 16.6 Å². The zero-order valence-corrected chi connectivity index (χ0v) is 16.2. The Balaban J connectivity index is 1.72. The third-order valence-electron chi connectivity index (χ3n) is 3.87. The lowest BCUT2D eigenvalue weighted by molar-refractivity contribution is 0.556. The smallest absolute Gasteiger partial charge is 0.250 e. The Labute approximate surface area is 156 Å². The molecule has 5 nitrogen and oxygen atoms in total. The molecule has 0 spiro atoms. The van der Waals surface area contributed by atoms with Crippen molar-refractivity contribution in [3.05, 3.63) is 58.2 Å². The van der Waals surface area contributed by atoms with Crippen LogP contribution in [-0.2, 0) is 16.6 Å². The quantitative estimate of drug-likeness (QED) is 0.689. The van der Waals surface area contributed by atoms with Crippen molar-refractivity contribution < 1.29 is 8.42 Å². The number of sulfonamides is 1. The molecule has 3 rings (SSSR count). The van der Waals surface area contributed by atoms with E-state index < -0.39 is 10.0 Å². The van der Waals surface area contributed by atoms with Crippen LogP contribution in [0.3, 0.4) is 0 Å². The number of aryl methyl sites for hydroxylation is 1. The van der Waals surface area contributed by atoms with Crippen LogP contribution >= 0.6 is 22.9 Å². The largest absolute Gasteiger partial charge is 0.268 e. The third kappa shape index (κ3) is 3.95. The van der Waals surface area contributed by atoms with Gasteiger partial charge in [-0.25, -0.2) is 13.1 Å². The number of nitrogens with zero attached hydrogens (tertiary/aromatic N) is 2. The van der Waals surface area contributed by atoms with Crippen LogP contribution in [0.1, 0.15) is 11.4 Å². The molecule has 0 aliphatic heterocycles. The van der Waals surface area contributed by atoms with E-state index in [1.165, 1.54) is 6.07 Å². The number of halogens is 1. The number of nitrogens with one attached hydrogen (secondary N) is 1. The van der Waals surface area contributed by atoms with Gasteiger partial charge in [0.1, 0.15) is 4.21 Å². The minimum atomic E-state index is -3.53. The number of benzene rings is 1. The maximum atomic E-state index is 12.2. The highest BCUT2D eigenvalue weighted by Gasteiger charge is 2.17. The number of hydrogen-bond acceptors (Lipinski definition) is 4. The molecule has 0 amide bonds. The van der Waals surface area contributed by atoms with E-state index in [4.69, 9.17) is 11.6 Å². The van der Waals surface area contributed by atoms with E-state index in [9.17, 15) is 8.42 Å². The van der Waals surface area contributed by atoms with Crippen molar-refractivity contribution in [2.75, 3.05) is 6.54 Å². The fraction of sp³-hybridized carbons (Fsp3) is 0.235. The molecule has 1 N–H and O–H groups in total. The van der Waals surface area contributed by atoms with Crippen LogP contribution in [0.4, 0.5) is 0 Å². The Morgan fingerprint density at radius 2 is 1.88 bits per heavy atom. The average Bonchev–Trinajstić information content (AvgIpc) is 3.13. The fourth-order valence-electron chi connectivity index (χ4n) is 2.74. The Hall–Kier alpha value is -1.67. The number of aromatic nitrogens is 2. The number of thiophene rings is 1. The van der Waals surface area contributed by atoms with Crippen LogP contribution in [0.25, 0.3) is 11.1 Å². The van der Waals surface area contributed by atoms with E-state index in [0.717, 1.165) is 33.9 Å². The summed E-state index contributed by atoms with van der Waals surface area (Å²) in [5.74, 6) is 0. The SMILES string of the molecule is Cc1nn(CCNS(=O)(=O)c2ccc(Cl)s2)c(C)c1-c1ccccc1. The fourth-order valence-corrected chi connectivity index (χ4v) is 5.28. The standard InChI is InChI=1S/C17H18ClN3O2S2/c1-12-17(14-6-4-3-5-7-14)13(2)21(20-12)11-10-19-25(22,23)16-9-8-15(18)24-16/h3-9,19H,10-11H2,1-2H3. The highest BCUT2D eigenvalue weighted by Crippen LogP contribution is 2.27. The molecule has 2 aromatic heterocycles. The molecular formula is C17H18ClN3O2S2. The predicted octanol–water partition coefficient (Wildman–Crippen LogP) is 3.86. The Morgan fingerprint density at radius 3 is 2.52 bits per heavy atom. The van der Waals surface area contributed by atoms with Crippen LogP contribution in [0.5, 0.6) is 0 Å². The van der Waals surface area contributed by atoms with Crippen molar-refractivity contribution in [2.45, 2.75) is 24.6 Å². The van der Waals surface area contributed by atoms with Gasteiger partial charge in [-0.3, -0.25) is 4.68 Å². The van der Waals surface area contributed by atoms with E-state index in [0.29, 0.717) is 10.9 Å². The van der Waals surface area contributed by atoms with Gasteiger partial charge in [-0.05, 0) is 31.5 Å². The molecule has 0 aliphatic carbocycles. The molecular weight excluding hydrogens is 378 g/mol. The van der Waals surface area contributed by atoms with Gasteiger partial charge >= 0.3 is 0 Å². The van der Waals surface area contributed by atoms with Crippen molar-refractivity contribution >= 4 is 33.0 Å². The molecule has 0 atom stereocenters. The molecule has 3 aromatic rings. The first-order valence-electron chi connectivity index (χ1n) is 7.73. The average molecular weight is 396 g/mol. The molecule has 25 heavy (non-hydrogen) atoms. The summed E-state index contributed by atoms with van der Waals surface area (Å²) < 4.78 is 29.6. The summed E-state index contributed by atoms with van der Waals surface area (Å²) >= 11 is 6.85. The van der Waals surface area contributed by atoms with E-state index in [-0.39, 0.29) is 10.8 Å². The van der Waals surface area contributed by atoms with Crippen molar-refractivity contribution in [1.29, 1.82) is 0 Å². The second-order valence-electron chi connectivity index (χ2n) is 5.59. The maximum absolute atomic E-state index is 12.2. The molecule has 0 radical (unpaired) electrons. The molecule has 132 valence electrons. The Bertz CT molecular complexity index is 979. The van der Waals surface area contributed by atoms with Crippen LogP contribution < -0.4 is 4.72 Å². The molecule has 0 bridgehead atoms. The van der Waals surface area contributed by atoms with Crippen molar-refractivity contribution in [1.82, 2.24) is 14.5 Å². The van der Waals surface area contributed by atoms with Gasteiger partial charge < -0.3 is 0 Å². The van der Waals surface area contributed by atoms with Crippen molar-refractivity contribution in [2.24, 2.45) is 0 Å². The summed E-state index contributed by atoms with van der Waals surface area (Å²) in [6, 6.07) is 13.1. The monoisotopic (exact) mass is 395 g/mol. The second-order valence-corrected chi connectivity index (χ2v) is 9.30. The lowest BCUT2D eigenvalue weighted by Gasteiger charge is -2.07. The lowest BCUT2D eigenvalue weighted by Crippen LogP contribution is -2.27. The first-order chi connectivity index (χ1) is 11.9. The van der Waals surface area contributed by atoms with Gasteiger partial charge in [0.25, 0.3) is 0 Å². The molecule has 2 heterocycles. The Kier molecular flexibility index (Phi) is 5.29. The van der Waals surface area contributed by atoms with Gasteiger partial charge in [-0.15, -0.1) is 11.3 Å². The van der Waals surface area contributed by atoms with Crippen molar-refractivity contribution in [3.8, 4) is 11.1 Å². The molecule has 8 heteroatoms. The molecule has 0 fully saturated rings. The van der Waals surface area contributed by atoms with Crippen LogP contribution in [-0.4, -0.2) is 24.7 Å². The summed E-state index contributed by atoms with van der Waals surface area (Å²) in [5, 5.41) is 4.55. The summed E-state index contributed by atoms with van der Waals surface area (Å²) in [5.41, 5.74) is 4.14. The normalized spacial score (nSPS) is 11.8. The van der Waals surface area contributed by atoms with Gasteiger partial charge in [0.2, 0.25) is 10.0 Å². The molecule has 0 saturated carbocycles. The van der Waals surface area contributed by atoms with Gasteiger partial charge in [0, 0.05) is 17.8 Å². The van der Waals surface area contributed by atoms with Gasteiger partial charge in [-0.2, -0.15) is 5.10 Å². The predicted molar refractivity (Wildman–Crippen MR) is 102 cm³/mol. The van der Waals surface area contributed by atoms with Crippen molar-refractivity contribution in [3.63, 3.8) is 0 Å².